The van der Waals surface area contributed by atoms with E-state index >= 15 is 0 Å². The first-order chi connectivity index (χ1) is 5.56. The Morgan fingerprint density at radius 3 is 2.75 bits per heavy atom. The van der Waals surface area contributed by atoms with Gasteiger partial charge in [-0.15, -0.1) is 0 Å². The van der Waals surface area contributed by atoms with Gasteiger partial charge >= 0.3 is 0 Å². The fourth-order valence-corrected chi connectivity index (χ4v) is 0.913. The fourth-order valence-electron chi connectivity index (χ4n) is 0.913. The number of nitrogens with zero attached hydrogens (tertiary/aromatic N) is 3. The highest BCUT2D eigenvalue weighted by molar-refractivity contribution is 5.35. The highest BCUT2D eigenvalue weighted by Crippen LogP contribution is 2.21. The molecule has 0 unspecified atom stereocenters. The molecule has 0 fully saturated rings. The summed E-state index contributed by atoms with van der Waals surface area (Å²) >= 11 is 0. The van der Waals surface area contributed by atoms with Crippen molar-refractivity contribution in [2.24, 2.45) is 12.0 Å². The molecule has 0 radical (unpaired) electrons. The van der Waals surface area contributed by atoms with Crippen molar-refractivity contribution in [2.75, 3.05) is 0 Å². The highest BCUT2D eigenvalue weighted by Gasteiger charge is 2.21. The summed E-state index contributed by atoms with van der Waals surface area (Å²) in [4.78, 5) is 13.7. The quantitative estimate of drug-likeness (QED) is 0.484. The van der Waals surface area contributed by atoms with Crippen molar-refractivity contribution in [3.05, 3.63) is 18.0 Å². The first kappa shape index (κ1) is 8.68. The molecule has 0 aliphatic carbocycles. The molecule has 1 heterocycles. The predicted octanol–water partition coefficient (Wildman–Crippen LogP) is 0.991. The summed E-state index contributed by atoms with van der Waals surface area (Å²) in [6, 6.07) is 1.83. The normalized spacial score (nSPS) is 10.9. The lowest BCUT2D eigenvalue weighted by Crippen LogP contribution is -2.14. The number of hydrogen-bond acceptors (Lipinski definition) is 3. The Morgan fingerprint density at radius 2 is 2.33 bits per heavy atom. The number of hydrogen-bond donors (Lipinski definition) is 0. The number of carbonyl (C=O) groups excluding carboxylic acids is 1. The lowest BCUT2D eigenvalue weighted by Gasteiger charge is -2.12. The molecule has 1 rings (SSSR count). The maximum absolute atomic E-state index is 10.1. The van der Waals surface area contributed by atoms with Crippen LogP contribution >= 0.6 is 0 Å². The van der Waals surface area contributed by atoms with Crippen LogP contribution in [0.25, 0.3) is 0 Å². The molecule has 4 nitrogen and oxygen atoms in total. The van der Waals surface area contributed by atoms with Gasteiger partial charge in [0.1, 0.15) is 5.54 Å². The van der Waals surface area contributed by atoms with E-state index < -0.39 is 5.54 Å². The van der Waals surface area contributed by atoms with E-state index in [2.05, 4.69) is 10.1 Å². The monoisotopic (exact) mass is 165 g/mol. The zero-order chi connectivity index (χ0) is 9.19. The van der Waals surface area contributed by atoms with Crippen LogP contribution in [0.4, 0.5) is 0 Å². The predicted molar refractivity (Wildman–Crippen MR) is 44.4 cm³/mol. The van der Waals surface area contributed by atoms with Crippen LogP contribution < -0.4 is 0 Å². The Hall–Kier alpha value is -1.41. The Labute approximate surface area is 70.9 Å². The average molecular weight is 165 g/mol. The number of aryl methyl sites for hydroxylation is 1. The fraction of sp³-hybridized carbons (Fsp3) is 0.500. The average Bonchev–Trinajstić information content (AvgIpc) is 2.36. The minimum Gasteiger partial charge on any atom is -0.275 e. The summed E-state index contributed by atoms with van der Waals surface area (Å²) in [7, 11) is 1.82. The SMILES string of the molecule is Cn1ccc(C(C)(C)N=C=O)n1. The molecule has 0 bridgehead atoms. The highest BCUT2D eigenvalue weighted by atomic mass is 16.1. The zero-order valence-corrected chi connectivity index (χ0v) is 7.40. The van der Waals surface area contributed by atoms with Gasteiger partial charge in [0.2, 0.25) is 6.08 Å². The van der Waals surface area contributed by atoms with Crippen LogP contribution in [-0.2, 0) is 17.4 Å². The van der Waals surface area contributed by atoms with Gasteiger partial charge in [-0.1, -0.05) is 0 Å². The van der Waals surface area contributed by atoms with E-state index in [1.165, 1.54) is 0 Å². The zero-order valence-electron chi connectivity index (χ0n) is 7.40. The van der Waals surface area contributed by atoms with E-state index in [0.29, 0.717) is 0 Å². The third-order valence-electron chi connectivity index (χ3n) is 1.67. The Bertz CT molecular complexity index is 321. The van der Waals surface area contributed by atoms with Gasteiger partial charge in [0.25, 0.3) is 0 Å². The molecular weight excluding hydrogens is 154 g/mol. The molecule has 0 N–H and O–H groups in total. The molecule has 1 aromatic rings. The molecular formula is C8H11N3O. The molecule has 64 valence electrons. The van der Waals surface area contributed by atoms with E-state index in [1.54, 1.807) is 10.8 Å². The molecule has 0 saturated carbocycles. The summed E-state index contributed by atoms with van der Waals surface area (Å²) in [5, 5.41) is 4.14. The first-order valence-electron chi connectivity index (χ1n) is 3.65. The standard InChI is InChI=1S/C8H11N3O/c1-8(2,9-6-12)7-4-5-11(3)10-7/h4-5H,1-3H3. The lowest BCUT2D eigenvalue weighted by molar-refractivity contribution is 0.505. The summed E-state index contributed by atoms with van der Waals surface area (Å²) < 4.78 is 1.68. The molecule has 0 saturated heterocycles. The smallest absolute Gasteiger partial charge is 0.235 e. The van der Waals surface area contributed by atoms with Gasteiger partial charge in [-0.25, -0.2) is 4.79 Å². The van der Waals surface area contributed by atoms with Gasteiger partial charge in [0, 0.05) is 13.2 Å². The van der Waals surface area contributed by atoms with Crippen LogP contribution in [0.2, 0.25) is 0 Å². The molecule has 0 aliphatic heterocycles. The third-order valence-corrected chi connectivity index (χ3v) is 1.67. The number of isocyanates is 1. The van der Waals surface area contributed by atoms with E-state index in [1.807, 2.05) is 33.2 Å². The van der Waals surface area contributed by atoms with Gasteiger partial charge in [0.05, 0.1) is 5.69 Å². The number of rotatable bonds is 2. The summed E-state index contributed by atoms with van der Waals surface area (Å²) in [6.45, 7) is 3.64. The van der Waals surface area contributed by atoms with Crippen LogP contribution in [0.1, 0.15) is 19.5 Å². The van der Waals surface area contributed by atoms with Crippen LogP contribution in [0.15, 0.2) is 17.3 Å². The number of aliphatic imine (C=N–C) groups is 1. The van der Waals surface area contributed by atoms with Gasteiger partial charge < -0.3 is 0 Å². The molecule has 0 atom stereocenters. The van der Waals surface area contributed by atoms with Crippen molar-refractivity contribution in [1.29, 1.82) is 0 Å². The van der Waals surface area contributed by atoms with Crippen molar-refractivity contribution in [3.63, 3.8) is 0 Å². The van der Waals surface area contributed by atoms with Crippen molar-refractivity contribution < 1.29 is 4.79 Å². The van der Waals surface area contributed by atoms with Gasteiger partial charge in [-0.2, -0.15) is 10.1 Å². The van der Waals surface area contributed by atoms with E-state index in [9.17, 15) is 4.79 Å². The molecule has 12 heavy (non-hydrogen) atoms. The van der Waals surface area contributed by atoms with Crippen LogP contribution in [0.3, 0.4) is 0 Å². The maximum atomic E-state index is 10.1. The van der Waals surface area contributed by atoms with E-state index in [4.69, 9.17) is 0 Å². The van der Waals surface area contributed by atoms with Crippen molar-refractivity contribution in [1.82, 2.24) is 9.78 Å². The molecule has 0 aromatic carbocycles. The van der Waals surface area contributed by atoms with Crippen LogP contribution in [0, 0.1) is 0 Å². The molecule has 0 amide bonds. The van der Waals surface area contributed by atoms with Crippen molar-refractivity contribution in [2.45, 2.75) is 19.4 Å². The van der Waals surface area contributed by atoms with Crippen LogP contribution in [0.5, 0.6) is 0 Å². The van der Waals surface area contributed by atoms with Crippen molar-refractivity contribution in [3.8, 4) is 0 Å². The van der Waals surface area contributed by atoms with E-state index in [-0.39, 0.29) is 0 Å². The molecule has 1 aromatic heterocycles. The van der Waals surface area contributed by atoms with Gasteiger partial charge in [-0.05, 0) is 19.9 Å². The molecule has 0 aliphatic rings. The first-order valence-corrected chi connectivity index (χ1v) is 3.65. The maximum Gasteiger partial charge on any atom is 0.235 e. The Balaban J connectivity index is 3.04. The third kappa shape index (κ3) is 1.60. The van der Waals surface area contributed by atoms with E-state index in [0.717, 1.165) is 5.69 Å². The van der Waals surface area contributed by atoms with Gasteiger partial charge in [0.15, 0.2) is 0 Å². The largest absolute Gasteiger partial charge is 0.275 e. The second kappa shape index (κ2) is 2.91. The molecule has 0 spiro atoms. The lowest BCUT2D eigenvalue weighted by atomic mass is 10.0. The summed E-state index contributed by atoms with van der Waals surface area (Å²) in [5.41, 5.74) is 0.205. The minimum absolute atomic E-state index is 0.566. The van der Waals surface area contributed by atoms with Crippen LogP contribution in [-0.4, -0.2) is 15.9 Å². The Kier molecular flexibility index (Phi) is 2.11. The second-order valence-corrected chi connectivity index (χ2v) is 3.14. The minimum atomic E-state index is -0.566. The summed E-state index contributed by atoms with van der Waals surface area (Å²) in [6.07, 6.45) is 3.36. The second-order valence-electron chi connectivity index (χ2n) is 3.14. The topological polar surface area (TPSA) is 47.2 Å². The molecule has 4 heteroatoms. The Morgan fingerprint density at radius 1 is 1.67 bits per heavy atom. The van der Waals surface area contributed by atoms with Crippen molar-refractivity contribution >= 4 is 6.08 Å². The number of aromatic nitrogens is 2. The summed E-state index contributed by atoms with van der Waals surface area (Å²) in [5.74, 6) is 0. The van der Waals surface area contributed by atoms with Gasteiger partial charge in [-0.3, -0.25) is 4.68 Å².